The van der Waals surface area contributed by atoms with E-state index in [1.807, 2.05) is 30.3 Å². The van der Waals surface area contributed by atoms with E-state index < -0.39 is 32.0 Å². The predicted octanol–water partition coefficient (Wildman–Crippen LogP) is 5.16. The molecule has 3 atom stereocenters. The summed E-state index contributed by atoms with van der Waals surface area (Å²) in [6, 6.07) is 14.8. The van der Waals surface area contributed by atoms with E-state index in [0.29, 0.717) is 40.8 Å². The normalized spacial score (nSPS) is 19.6. The van der Waals surface area contributed by atoms with Crippen molar-refractivity contribution >= 4 is 60.4 Å². The number of aromatic nitrogens is 1. The van der Waals surface area contributed by atoms with Crippen LogP contribution in [-0.4, -0.2) is 48.6 Å². The number of hydrogen-bond donors (Lipinski definition) is 1. The first kappa shape index (κ1) is 23.3. The van der Waals surface area contributed by atoms with E-state index in [0.717, 1.165) is 22.9 Å². The Kier molecular flexibility index (Phi) is 6.92. The van der Waals surface area contributed by atoms with Crippen molar-refractivity contribution < 1.29 is 19.4 Å². The number of carbonyl (C=O) groups is 2. The summed E-state index contributed by atoms with van der Waals surface area (Å²) >= 11 is 11.2. The monoisotopic (exact) mass is 533 g/mol. The molecular weight excluding hydrogens is 512 g/mol. The molecule has 1 aliphatic heterocycles. The summed E-state index contributed by atoms with van der Waals surface area (Å²) in [6.07, 6.45) is 1.82. The fourth-order valence-electron chi connectivity index (χ4n) is 3.89. The second-order valence-electron chi connectivity index (χ2n) is 8.07. The number of hydrogen-bond acceptors (Lipinski definition) is 4. The van der Waals surface area contributed by atoms with Crippen LogP contribution in [0.15, 0.2) is 48.5 Å². The van der Waals surface area contributed by atoms with E-state index in [9.17, 15) is 14.7 Å². The van der Waals surface area contributed by atoms with Crippen molar-refractivity contribution in [3.63, 3.8) is 0 Å². The predicted molar refractivity (Wildman–Crippen MR) is 128 cm³/mol. The Morgan fingerprint density at radius 1 is 1.19 bits per heavy atom. The van der Waals surface area contributed by atoms with Crippen LogP contribution in [0.4, 0.5) is 0 Å². The Bertz CT molecular complexity index is 1170. The summed E-state index contributed by atoms with van der Waals surface area (Å²) in [5, 5.41) is 11.7. The number of pyridine rings is 1. The zero-order valence-electron chi connectivity index (χ0n) is 17.4. The first-order valence-electron chi connectivity index (χ1n) is 10.3. The third-order valence-electron chi connectivity index (χ3n) is 5.71. The van der Waals surface area contributed by atoms with Crippen LogP contribution in [0.1, 0.15) is 25.3 Å². The van der Waals surface area contributed by atoms with Crippen LogP contribution in [0.2, 0.25) is 14.8 Å². The van der Waals surface area contributed by atoms with Crippen LogP contribution in [0.25, 0.3) is 22.2 Å². The average Bonchev–Trinajstić information content (AvgIpc) is 3.21. The van der Waals surface area contributed by atoms with Gasteiger partial charge in [-0.25, -0.2) is 0 Å². The fraction of sp³-hybridized carbons (Fsp3) is 0.292. The number of fused-ring (bicyclic) bond motifs is 1. The molecule has 8 heteroatoms. The van der Waals surface area contributed by atoms with Gasteiger partial charge in [0.15, 0.2) is 0 Å². The van der Waals surface area contributed by atoms with Gasteiger partial charge < -0.3 is 0 Å². The van der Waals surface area contributed by atoms with Gasteiger partial charge in [-0.1, -0.05) is 0 Å². The molecule has 0 spiro atoms. The van der Waals surface area contributed by atoms with Crippen LogP contribution >= 0.6 is 23.2 Å². The van der Waals surface area contributed by atoms with Crippen LogP contribution in [0.3, 0.4) is 0 Å². The number of rotatable bonds is 7. The van der Waals surface area contributed by atoms with E-state index in [2.05, 4.69) is 4.98 Å². The van der Waals surface area contributed by atoms with Crippen molar-refractivity contribution in [3.05, 3.63) is 64.1 Å². The van der Waals surface area contributed by atoms with Crippen LogP contribution < -0.4 is 0 Å². The SMILES string of the molecule is C[C@]1(C(=O)[AsH][C@@H](Cc2ccc3nc(-c4c(Cl)cccc4Cl)ccc3c2)C(=O)O)CCCO1. The molecule has 0 amide bonds. The second kappa shape index (κ2) is 9.52. The first-order valence-corrected chi connectivity index (χ1v) is 13.3. The summed E-state index contributed by atoms with van der Waals surface area (Å²) in [4.78, 5) is 29.3. The zero-order valence-corrected chi connectivity index (χ0v) is 21.0. The number of benzene rings is 2. The minimum absolute atomic E-state index is 0.0221. The van der Waals surface area contributed by atoms with Gasteiger partial charge in [0.2, 0.25) is 0 Å². The van der Waals surface area contributed by atoms with E-state index in [4.69, 9.17) is 27.9 Å². The quantitative estimate of drug-likeness (QED) is 0.425. The molecule has 1 saturated heterocycles. The van der Waals surface area contributed by atoms with Gasteiger partial charge in [-0.2, -0.15) is 0 Å². The second-order valence-corrected chi connectivity index (χ2v) is 11.9. The summed E-state index contributed by atoms with van der Waals surface area (Å²) in [5.74, 6) is -0.929. The van der Waals surface area contributed by atoms with Gasteiger partial charge >= 0.3 is 203 Å². The maximum absolute atomic E-state index is 12.7. The number of aliphatic carboxylic acids is 1. The molecule has 2 heterocycles. The molecule has 1 fully saturated rings. The standard InChI is InChI=1S/C24H22AsCl2NO4/c1-24(10-3-11-32-24)23(31)25-16(22(29)30)13-14-6-8-19-15(12-14)7-9-20(28-19)21-17(26)4-2-5-18(21)27/h2,4-9,12,16,25H,3,10-11,13H2,1H3,(H,29,30)/t16-,24+/m0/s1. The number of halogens is 2. The number of nitrogens with zero attached hydrogens (tertiary/aromatic N) is 1. The Labute approximate surface area is 202 Å². The van der Waals surface area contributed by atoms with Crippen molar-refractivity contribution in [3.8, 4) is 11.3 Å². The van der Waals surface area contributed by atoms with Crippen LogP contribution in [0, 0.1) is 0 Å². The van der Waals surface area contributed by atoms with Crippen molar-refractivity contribution in [2.45, 2.75) is 36.5 Å². The molecule has 32 heavy (non-hydrogen) atoms. The van der Waals surface area contributed by atoms with Crippen LogP contribution in [0.5, 0.6) is 0 Å². The summed E-state index contributed by atoms with van der Waals surface area (Å²) in [5.41, 5.74) is 2.17. The van der Waals surface area contributed by atoms with Crippen molar-refractivity contribution in [1.29, 1.82) is 0 Å². The number of ether oxygens (including phenoxy) is 1. The molecule has 0 bridgehead atoms. The molecule has 5 nitrogen and oxygen atoms in total. The van der Waals surface area contributed by atoms with Crippen molar-refractivity contribution in [2.75, 3.05) is 6.61 Å². The van der Waals surface area contributed by atoms with Crippen molar-refractivity contribution in [2.24, 2.45) is 0 Å². The van der Waals surface area contributed by atoms with Crippen LogP contribution in [-0.2, 0) is 20.7 Å². The molecule has 4 rings (SSSR count). The van der Waals surface area contributed by atoms with E-state index in [1.54, 1.807) is 25.1 Å². The molecule has 3 aromatic rings. The summed E-state index contributed by atoms with van der Waals surface area (Å²) in [6.45, 7) is 2.35. The summed E-state index contributed by atoms with van der Waals surface area (Å²) in [7, 11) is 0. The molecule has 0 saturated carbocycles. The number of carboxylic acids is 1. The Morgan fingerprint density at radius 2 is 1.94 bits per heavy atom. The first-order chi connectivity index (χ1) is 15.3. The van der Waals surface area contributed by atoms with Gasteiger partial charge in [-0.3, -0.25) is 0 Å². The average molecular weight is 534 g/mol. The zero-order chi connectivity index (χ0) is 22.9. The maximum atomic E-state index is 12.7. The molecule has 1 aliphatic rings. The van der Waals surface area contributed by atoms with E-state index >= 15 is 0 Å². The molecule has 0 aliphatic carbocycles. The van der Waals surface area contributed by atoms with E-state index in [-0.39, 0.29) is 4.57 Å². The molecule has 166 valence electrons. The third kappa shape index (κ3) is 4.87. The summed E-state index contributed by atoms with van der Waals surface area (Å²) < 4.78 is 4.91. The molecule has 1 aromatic heterocycles. The molecule has 2 aromatic carbocycles. The minimum atomic E-state index is -1.39. The third-order valence-corrected chi connectivity index (χ3v) is 9.68. The Morgan fingerprint density at radius 3 is 2.59 bits per heavy atom. The van der Waals surface area contributed by atoms with Crippen molar-refractivity contribution in [1.82, 2.24) is 4.98 Å². The molecular formula is C24H22AsCl2NO4. The number of carbonyl (C=O) groups excluding carboxylic acids is 1. The van der Waals surface area contributed by atoms with Gasteiger partial charge in [-0.15, -0.1) is 0 Å². The topological polar surface area (TPSA) is 76.5 Å². The van der Waals surface area contributed by atoms with Gasteiger partial charge in [0.1, 0.15) is 0 Å². The Hall–Kier alpha value is -1.91. The van der Waals surface area contributed by atoms with Gasteiger partial charge in [0.25, 0.3) is 0 Å². The molecule has 0 radical (unpaired) electrons. The van der Waals surface area contributed by atoms with Gasteiger partial charge in [-0.05, 0) is 0 Å². The molecule has 1 unspecified atom stereocenters. The fourth-order valence-corrected chi connectivity index (χ4v) is 7.17. The molecule has 1 N–H and O–H groups in total. The number of carboxylic acid groups (broad SMARTS) is 1. The Balaban J connectivity index is 1.56. The van der Waals surface area contributed by atoms with Gasteiger partial charge in [0.05, 0.1) is 0 Å². The van der Waals surface area contributed by atoms with E-state index in [1.165, 1.54) is 0 Å². The van der Waals surface area contributed by atoms with Gasteiger partial charge in [0, 0.05) is 0 Å².